The Kier molecular flexibility index (Phi) is 3.05. The first-order valence-corrected chi connectivity index (χ1v) is 5.11. The molecule has 1 heterocycles. The molecule has 0 aliphatic carbocycles. The first-order valence-electron chi connectivity index (χ1n) is 4.30. The highest BCUT2D eigenvalue weighted by atomic mass is 32.1. The van der Waals surface area contributed by atoms with Gasteiger partial charge in [-0.25, -0.2) is 4.98 Å². The topological polar surface area (TPSA) is 59.1 Å². The number of rotatable bonds is 3. The van der Waals surface area contributed by atoms with Crippen molar-refractivity contribution in [1.82, 2.24) is 4.98 Å². The Labute approximate surface area is 82.6 Å². The zero-order valence-corrected chi connectivity index (χ0v) is 9.11. The molecule has 0 bridgehead atoms. The van der Waals surface area contributed by atoms with Crippen LogP contribution in [0, 0.1) is 13.8 Å². The molecule has 0 amide bonds. The number of aryl methyl sites for hydroxylation is 2. The third kappa shape index (κ3) is 2.76. The molecule has 0 saturated heterocycles. The SMILES string of the molecule is Cc1nc(CC(C)(O)CN)sc1C. The maximum Gasteiger partial charge on any atom is 0.0959 e. The van der Waals surface area contributed by atoms with Gasteiger partial charge in [0.2, 0.25) is 0 Å². The molecule has 3 nitrogen and oxygen atoms in total. The lowest BCUT2D eigenvalue weighted by atomic mass is 10.0. The van der Waals surface area contributed by atoms with Crippen molar-refractivity contribution in [2.75, 3.05) is 6.54 Å². The van der Waals surface area contributed by atoms with Crippen LogP contribution in [0.5, 0.6) is 0 Å². The molecule has 74 valence electrons. The van der Waals surface area contributed by atoms with Gasteiger partial charge in [-0.05, 0) is 20.8 Å². The van der Waals surface area contributed by atoms with Crippen LogP contribution in [0.4, 0.5) is 0 Å². The monoisotopic (exact) mass is 200 g/mol. The van der Waals surface area contributed by atoms with Gasteiger partial charge in [0.1, 0.15) is 0 Å². The molecule has 13 heavy (non-hydrogen) atoms. The number of aromatic nitrogens is 1. The molecule has 0 fully saturated rings. The molecule has 1 rings (SSSR count). The van der Waals surface area contributed by atoms with E-state index in [0.29, 0.717) is 6.42 Å². The van der Waals surface area contributed by atoms with Crippen LogP contribution in [0.3, 0.4) is 0 Å². The summed E-state index contributed by atoms with van der Waals surface area (Å²) in [6, 6.07) is 0. The van der Waals surface area contributed by atoms with E-state index >= 15 is 0 Å². The summed E-state index contributed by atoms with van der Waals surface area (Å²) in [5.74, 6) is 0. The molecule has 0 spiro atoms. The lowest BCUT2D eigenvalue weighted by Crippen LogP contribution is -2.36. The molecule has 3 N–H and O–H groups in total. The molecule has 1 aromatic heterocycles. The van der Waals surface area contributed by atoms with Gasteiger partial charge in [0, 0.05) is 17.8 Å². The average Bonchev–Trinajstić information content (AvgIpc) is 2.30. The molecule has 1 aromatic rings. The molecular formula is C9H16N2OS. The van der Waals surface area contributed by atoms with Gasteiger partial charge in [0.25, 0.3) is 0 Å². The predicted molar refractivity (Wildman–Crippen MR) is 55.0 cm³/mol. The van der Waals surface area contributed by atoms with E-state index < -0.39 is 5.60 Å². The van der Waals surface area contributed by atoms with Crippen molar-refractivity contribution in [3.05, 3.63) is 15.6 Å². The van der Waals surface area contributed by atoms with Gasteiger partial charge in [-0.15, -0.1) is 11.3 Å². The number of hydrogen-bond acceptors (Lipinski definition) is 4. The van der Waals surface area contributed by atoms with Crippen LogP contribution in [-0.4, -0.2) is 22.2 Å². The quantitative estimate of drug-likeness (QED) is 0.765. The minimum absolute atomic E-state index is 0.269. The Bertz CT molecular complexity index is 274. The zero-order chi connectivity index (χ0) is 10.1. The molecule has 0 aliphatic rings. The van der Waals surface area contributed by atoms with E-state index in [2.05, 4.69) is 4.98 Å². The van der Waals surface area contributed by atoms with Crippen molar-refractivity contribution in [3.8, 4) is 0 Å². The molecule has 0 aromatic carbocycles. The summed E-state index contributed by atoms with van der Waals surface area (Å²) in [6.07, 6.45) is 0.544. The molecule has 1 unspecified atom stereocenters. The minimum atomic E-state index is -0.823. The van der Waals surface area contributed by atoms with Crippen molar-refractivity contribution >= 4 is 11.3 Å². The average molecular weight is 200 g/mol. The number of nitrogens with zero attached hydrogens (tertiary/aromatic N) is 1. The number of thiazole rings is 1. The smallest absolute Gasteiger partial charge is 0.0959 e. The van der Waals surface area contributed by atoms with Crippen LogP contribution >= 0.6 is 11.3 Å². The molecular weight excluding hydrogens is 184 g/mol. The van der Waals surface area contributed by atoms with Crippen molar-refractivity contribution in [3.63, 3.8) is 0 Å². The van der Waals surface area contributed by atoms with Crippen molar-refractivity contribution in [2.24, 2.45) is 5.73 Å². The Morgan fingerprint density at radius 2 is 2.15 bits per heavy atom. The highest BCUT2D eigenvalue weighted by molar-refractivity contribution is 7.11. The van der Waals surface area contributed by atoms with Gasteiger partial charge in [0.15, 0.2) is 0 Å². The highest BCUT2D eigenvalue weighted by Crippen LogP contribution is 2.20. The van der Waals surface area contributed by atoms with E-state index in [1.54, 1.807) is 18.3 Å². The van der Waals surface area contributed by atoms with E-state index in [-0.39, 0.29) is 6.54 Å². The minimum Gasteiger partial charge on any atom is -0.388 e. The summed E-state index contributed by atoms with van der Waals surface area (Å²) < 4.78 is 0. The summed E-state index contributed by atoms with van der Waals surface area (Å²) in [5.41, 5.74) is 5.65. The van der Waals surface area contributed by atoms with E-state index in [9.17, 15) is 5.11 Å². The summed E-state index contributed by atoms with van der Waals surface area (Å²) >= 11 is 1.63. The second-order valence-corrected chi connectivity index (χ2v) is 4.91. The second-order valence-electron chi connectivity index (χ2n) is 3.63. The fourth-order valence-electron chi connectivity index (χ4n) is 1.01. The summed E-state index contributed by atoms with van der Waals surface area (Å²) in [5, 5.41) is 10.7. The van der Waals surface area contributed by atoms with Gasteiger partial charge in [0.05, 0.1) is 16.3 Å². The maximum absolute atomic E-state index is 9.72. The highest BCUT2D eigenvalue weighted by Gasteiger charge is 2.20. The normalized spacial score (nSPS) is 15.8. The predicted octanol–water partition coefficient (Wildman–Crippen LogP) is 1.01. The van der Waals surface area contributed by atoms with Gasteiger partial charge >= 0.3 is 0 Å². The second kappa shape index (κ2) is 3.74. The first kappa shape index (κ1) is 10.6. The third-order valence-corrected chi connectivity index (χ3v) is 3.12. The summed E-state index contributed by atoms with van der Waals surface area (Å²) in [4.78, 5) is 5.56. The van der Waals surface area contributed by atoms with Crippen LogP contribution in [0.15, 0.2) is 0 Å². The van der Waals surface area contributed by atoms with Crippen LogP contribution in [0.2, 0.25) is 0 Å². The lowest BCUT2D eigenvalue weighted by molar-refractivity contribution is 0.0696. The number of nitrogens with two attached hydrogens (primary N) is 1. The molecule has 0 saturated carbocycles. The van der Waals surface area contributed by atoms with Crippen LogP contribution < -0.4 is 5.73 Å². The molecule has 0 radical (unpaired) electrons. The van der Waals surface area contributed by atoms with Crippen LogP contribution in [0.1, 0.15) is 22.5 Å². The van der Waals surface area contributed by atoms with Gasteiger partial charge in [-0.1, -0.05) is 0 Å². The van der Waals surface area contributed by atoms with Gasteiger partial charge in [-0.3, -0.25) is 0 Å². The third-order valence-electron chi connectivity index (χ3n) is 2.04. The summed E-state index contributed by atoms with van der Waals surface area (Å²) in [7, 11) is 0. The van der Waals surface area contributed by atoms with E-state index in [1.807, 2.05) is 13.8 Å². The first-order chi connectivity index (χ1) is 5.94. The van der Waals surface area contributed by atoms with Crippen molar-refractivity contribution in [2.45, 2.75) is 32.8 Å². The zero-order valence-electron chi connectivity index (χ0n) is 8.29. The Morgan fingerprint density at radius 1 is 1.54 bits per heavy atom. The fraction of sp³-hybridized carbons (Fsp3) is 0.667. The molecule has 1 atom stereocenters. The van der Waals surface area contributed by atoms with Crippen molar-refractivity contribution in [1.29, 1.82) is 0 Å². The van der Waals surface area contributed by atoms with E-state index in [4.69, 9.17) is 5.73 Å². The number of aliphatic hydroxyl groups is 1. The summed E-state index contributed by atoms with van der Waals surface area (Å²) in [6.45, 7) is 6.02. The Balaban J connectivity index is 2.75. The van der Waals surface area contributed by atoms with Crippen LogP contribution in [0.25, 0.3) is 0 Å². The lowest BCUT2D eigenvalue weighted by Gasteiger charge is -2.18. The largest absolute Gasteiger partial charge is 0.388 e. The molecule has 4 heteroatoms. The van der Waals surface area contributed by atoms with E-state index in [0.717, 1.165) is 10.7 Å². The molecule has 0 aliphatic heterocycles. The fourth-order valence-corrected chi connectivity index (χ4v) is 2.13. The Morgan fingerprint density at radius 3 is 2.54 bits per heavy atom. The van der Waals surface area contributed by atoms with Crippen LogP contribution in [-0.2, 0) is 6.42 Å². The van der Waals surface area contributed by atoms with E-state index in [1.165, 1.54) is 4.88 Å². The van der Waals surface area contributed by atoms with Gasteiger partial charge in [-0.2, -0.15) is 0 Å². The standard InChI is InChI=1S/C9H16N2OS/c1-6-7(2)13-8(11-6)4-9(3,12)5-10/h12H,4-5,10H2,1-3H3. The Hall–Kier alpha value is -0.450. The maximum atomic E-state index is 9.72. The van der Waals surface area contributed by atoms with Gasteiger partial charge < -0.3 is 10.8 Å². The number of hydrogen-bond donors (Lipinski definition) is 2. The van der Waals surface area contributed by atoms with Crippen molar-refractivity contribution < 1.29 is 5.11 Å².